The minimum atomic E-state index is -0.252. The molecule has 1 fully saturated rings. The first kappa shape index (κ1) is 12.6. The van der Waals surface area contributed by atoms with E-state index in [1.807, 2.05) is 6.07 Å². The standard InChI is InChI=1S/C16H21FN2/c1-15(2)13(16(15,3)4)9-19-8-10-5-6-11(17)7-12(10)14(19)18/h5-7,13,18H,8-9H2,1-4H3. The van der Waals surface area contributed by atoms with Gasteiger partial charge >= 0.3 is 0 Å². The quantitative estimate of drug-likeness (QED) is 0.863. The number of benzene rings is 1. The van der Waals surface area contributed by atoms with Gasteiger partial charge in [-0.1, -0.05) is 33.8 Å². The van der Waals surface area contributed by atoms with Gasteiger partial charge in [0, 0.05) is 18.7 Å². The zero-order chi connectivity index (χ0) is 14.0. The minimum absolute atomic E-state index is 0.252. The Bertz CT molecular complexity index is 546. The maximum Gasteiger partial charge on any atom is 0.128 e. The van der Waals surface area contributed by atoms with E-state index < -0.39 is 0 Å². The number of hydrogen-bond donors (Lipinski definition) is 1. The van der Waals surface area contributed by atoms with Crippen molar-refractivity contribution in [2.24, 2.45) is 16.7 Å². The van der Waals surface area contributed by atoms with Crippen LogP contribution in [0.25, 0.3) is 0 Å². The van der Waals surface area contributed by atoms with Gasteiger partial charge in [-0.25, -0.2) is 4.39 Å². The number of hydrogen-bond acceptors (Lipinski definition) is 1. The molecule has 1 aromatic carbocycles. The Balaban J connectivity index is 1.79. The van der Waals surface area contributed by atoms with Gasteiger partial charge in [-0.2, -0.15) is 0 Å². The van der Waals surface area contributed by atoms with Crippen LogP contribution in [0.15, 0.2) is 18.2 Å². The van der Waals surface area contributed by atoms with E-state index in [2.05, 4.69) is 32.6 Å². The predicted octanol–water partition coefficient (Wildman–Crippen LogP) is 3.65. The van der Waals surface area contributed by atoms with Gasteiger partial charge in [-0.15, -0.1) is 0 Å². The van der Waals surface area contributed by atoms with Crippen LogP contribution in [0.2, 0.25) is 0 Å². The molecule has 3 heteroatoms. The lowest BCUT2D eigenvalue weighted by Crippen LogP contribution is -2.27. The lowest BCUT2D eigenvalue weighted by atomic mass is 10.0. The molecule has 3 rings (SSSR count). The highest BCUT2D eigenvalue weighted by Crippen LogP contribution is 2.68. The second kappa shape index (κ2) is 3.59. The van der Waals surface area contributed by atoms with E-state index in [4.69, 9.17) is 5.41 Å². The molecule has 102 valence electrons. The predicted molar refractivity (Wildman–Crippen MR) is 74.7 cm³/mol. The molecule has 0 unspecified atom stereocenters. The Morgan fingerprint density at radius 1 is 1.26 bits per heavy atom. The second-order valence-electron chi connectivity index (χ2n) is 7.03. The fourth-order valence-electron chi connectivity index (χ4n) is 3.53. The van der Waals surface area contributed by atoms with Crippen LogP contribution >= 0.6 is 0 Å². The molecule has 0 spiro atoms. The summed E-state index contributed by atoms with van der Waals surface area (Å²) in [6, 6.07) is 4.78. The molecule has 0 amide bonds. The van der Waals surface area contributed by atoms with E-state index in [-0.39, 0.29) is 5.82 Å². The summed E-state index contributed by atoms with van der Waals surface area (Å²) in [5.74, 6) is 0.824. The number of nitrogens with zero attached hydrogens (tertiary/aromatic N) is 1. The lowest BCUT2D eigenvalue weighted by molar-refractivity contribution is 0.370. The zero-order valence-electron chi connectivity index (χ0n) is 12.0. The topological polar surface area (TPSA) is 27.1 Å². The van der Waals surface area contributed by atoms with Gasteiger partial charge in [-0.3, -0.25) is 5.41 Å². The third-order valence-corrected chi connectivity index (χ3v) is 5.73. The summed E-state index contributed by atoms with van der Waals surface area (Å²) in [5, 5.41) is 8.22. The maximum atomic E-state index is 13.3. The van der Waals surface area contributed by atoms with Gasteiger partial charge in [-0.05, 0) is 34.4 Å². The highest BCUT2D eigenvalue weighted by atomic mass is 19.1. The molecule has 1 heterocycles. The average molecular weight is 260 g/mol. The van der Waals surface area contributed by atoms with Crippen molar-refractivity contribution in [2.75, 3.05) is 6.54 Å². The Hall–Kier alpha value is -1.38. The van der Waals surface area contributed by atoms with E-state index in [0.29, 0.717) is 22.6 Å². The fourth-order valence-corrected chi connectivity index (χ4v) is 3.53. The molecule has 1 aliphatic heterocycles. The molecule has 2 aliphatic rings. The van der Waals surface area contributed by atoms with Crippen LogP contribution in [0.1, 0.15) is 38.8 Å². The van der Waals surface area contributed by atoms with Crippen LogP contribution in [0.4, 0.5) is 4.39 Å². The van der Waals surface area contributed by atoms with Gasteiger partial charge in [0.2, 0.25) is 0 Å². The summed E-state index contributed by atoms with van der Waals surface area (Å²) in [5.41, 5.74) is 2.49. The van der Waals surface area contributed by atoms with Crippen LogP contribution in [0.3, 0.4) is 0 Å². The van der Waals surface area contributed by atoms with Crippen LogP contribution in [-0.2, 0) is 6.54 Å². The summed E-state index contributed by atoms with van der Waals surface area (Å²) in [7, 11) is 0. The highest BCUT2D eigenvalue weighted by Gasteiger charge is 2.64. The number of halogens is 1. The Kier molecular flexibility index (Phi) is 2.39. The third-order valence-electron chi connectivity index (χ3n) is 5.73. The van der Waals surface area contributed by atoms with E-state index in [1.165, 1.54) is 12.1 Å². The van der Waals surface area contributed by atoms with Crippen molar-refractivity contribution in [1.29, 1.82) is 5.41 Å². The molecule has 0 atom stereocenters. The molecule has 1 aliphatic carbocycles. The SMILES string of the molecule is CC1(C)C(CN2Cc3ccc(F)cc3C2=N)C1(C)C. The lowest BCUT2D eigenvalue weighted by Gasteiger charge is -2.19. The number of fused-ring (bicyclic) bond motifs is 1. The Morgan fingerprint density at radius 3 is 2.47 bits per heavy atom. The van der Waals surface area contributed by atoms with Crippen LogP contribution in [-0.4, -0.2) is 17.3 Å². The smallest absolute Gasteiger partial charge is 0.128 e. The van der Waals surface area contributed by atoms with Crippen molar-refractivity contribution in [3.8, 4) is 0 Å². The summed E-state index contributed by atoms with van der Waals surface area (Å²) in [6.07, 6.45) is 0. The van der Waals surface area contributed by atoms with Crippen LogP contribution < -0.4 is 0 Å². The first-order chi connectivity index (χ1) is 8.75. The first-order valence-electron chi connectivity index (χ1n) is 6.87. The van der Waals surface area contributed by atoms with Crippen molar-refractivity contribution in [3.63, 3.8) is 0 Å². The Morgan fingerprint density at radius 2 is 1.89 bits per heavy atom. The molecule has 1 N–H and O–H groups in total. The monoisotopic (exact) mass is 260 g/mol. The van der Waals surface area contributed by atoms with Crippen molar-refractivity contribution in [2.45, 2.75) is 34.2 Å². The minimum Gasteiger partial charge on any atom is -0.352 e. The van der Waals surface area contributed by atoms with Crippen molar-refractivity contribution >= 4 is 5.84 Å². The van der Waals surface area contributed by atoms with Gasteiger partial charge in [0.25, 0.3) is 0 Å². The van der Waals surface area contributed by atoms with Crippen LogP contribution in [0.5, 0.6) is 0 Å². The summed E-state index contributed by atoms with van der Waals surface area (Å²) >= 11 is 0. The van der Waals surface area contributed by atoms with E-state index >= 15 is 0 Å². The van der Waals surface area contributed by atoms with E-state index in [0.717, 1.165) is 24.2 Å². The fraction of sp³-hybridized carbons (Fsp3) is 0.562. The Labute approximate surface area is 114 Å². The largest absolute Gasteiger partial charge is 0.352 e. The van der Waals surface area contributed by atoms with Crippen molar-refractivity contribution in [1.82, 2.24) is 4.90 Å². The number of amidine groups is 1. The molecule has 0 saturated heterocycles. The molecule has 1 saturated carbocycles. The normalized spacial score (nSPS) is 23.6. The molecule has 0 bridgehead atoms. The van der Waals surface area contributed by atoms with Gasteiger partial charge in [0.15, 0.2) is 0 Å². The van der Waals surface area contributed by atoms with E-state index in [1.54, 1.807) is 0 Å². The molecular formula is C16H21FN2. The maximum absolute atomic E-state index is 13.3. The zero-order valence-corrected chi connectivity index (χ0v) is 12.0. The third kappa shape index (κ3) is 1.63. The number of rotatable bonds is 2. The van der Waals surface area contributed by atoms with Crippen molar-refractivity contribution in [3.05, 3.63) is 35.1 Å². The molecule has 0 radical (unpaired) electrons. The molecule has 2 nitrogen and oxygen atoms in total. The summed E-state index contributed by atoms with van der Waals surface area (Å²) < 4.78 is 13.3. The molecule has 1 aromatic rings. The number of nitrogens with one attached hydrogen (secondary N) is 1. The highest BCUT2D eigenvalue weighted by molar-refractivity contribution is 6.00. The second-order valence-corrected chi connectivity index (χ2v) is 7.03. The van der Waals surface area contributed by atoms with E-state index in [9.17, 15) is 4.39 Å². The molecule has 19 heavy (non-hydrogen) atoms. The van der Waals surface area contributed by atoms with Gasteiger partial charge in [0.05, 0.1) is 0 Å². The summed E-state index contributed by atoms with van der Waals surface area (Å²) in [4.78, 5) is 2.09. The molecular weight excluding hydrogens is 239 g/mol. The van der Waals surface area contributed by atoms with Gasteiger partial charge in [0.1, 0.15) is 11.7 Å². The van der Waals surface area contributed by atoms with Crippen molar-refractivity contribution < 1.29 is 4.39 Å². The summed E-state index contributed by atoms with van der Waals surface area (Å²) in [6.45, 7) is 10.8. The first-order valence-corrected chi connectivity index (χ1v) is 6.87. The van der Waals surface area contributed by atoms with Gasteiger partial charge < -0.3 is 4.90 Å². The molecule has 0 aromatic heterocycles. The average Bonchev–Trinajstić information content (AvgIpc) is 2.60. The van der Waals surface area contributed by atoms with Crippen LogP contribution in [0, 0.1) is 28.0 Å².